The first-order valence-electron chi connectivity index (χ1n) is 5.74. The number of halogens is 3. The Morgan fingerprint density at radius 1 is 1.21 bits per heavy atom. The fourth-order valence-corrected chi connectivity index (χ4v) is 1.87. The second kappa shape index (κ2) is 6.28. The maximum Gasteiger partial charge on any atom is 0.416 e. The van der Waals surface area contributed by atoms with Crippen molar-refractivity contribution in [1.29, 1.82) is 0 Å². The first-order chi connectivity index (χ1) is 8.75. The minimum absolute atomic E-state index is 0.205. The lowest BCUT2D eigenvalue weighted by Gasteiger charge is -2.10. The summed E-state index contributed by atoms with van der Waals surface area (Å²) in [4.78, 5) is 4.36. The van der Waals surface area contributed by atoms with E-state index in [-0.39, 0.29) is 5.92 Å². The Morgan fingerprint density at radius 2 is 1.74 bits per heavy atom. The Balaban J connectivity index is 3.04. The van der Waals surface area contributed by atoms with Crippen LogP contribution in [0.3, 0.4) is 0 Å². The Hall–Kier alpha value is -1.23. The monoisotopic (exact) mass is 287 g/mol. The van der Waals surface area contributed by atoms with Gasteiger partial charge in [-0.1, -0.05) is 32.6 Å². The molecule has 1 nitrogen and oxygen atoms in total. The molecule has 0 saturated heterocycles. The van der Waals surface area contributed by atoms with Crippen molar-refractivity contribution in [2.45, 2.75) is 20.0 Å². The number of allylic oxidation sites excluding steroid dienone is 1. The van der Waals surface area contributed by atoms with Crippen molar-refractivity contribution in [2.75, 3.05) is 6.26 Å². The molecule has 0 unspecified atom stereocenters. The van der Waals surface area contributed by atoms with Crippen LogP contribution in [0.25, 0.3) is 0 Å². The van der Waals surface area contributed by atoms with E-state index in [9.17, 15) is 13.2 Å². The van der Waals surface area contributed by atoms with Gasteiger partial charge in [0.15, 0.2) is 0 Å². The van der Waals surface area contributed by atoms with Crippen LogP contribution < -0.4 is 0 Å². The largest absolute Gasteiger partial charge is 0.416 e. The smallest absolute Gasteiger partial charge is 0.246 e. The summed E-state index contributed by atoms with van der Waals surface area (Å²) in [5.74, 6) is 0.205. The van der Waals surface area contributed by atoms with Gasteiger partial charge in [-0.3, -0.25) is 0 Å². The summed E-state index contributed by atoms with van der Waals surface area (Å²) >= 11 is 1.39. The van der Waals surface area contributed by atoms with Crippen LogP contribution >= 0.6 is 11.8 Å². The zero-order valence-electron chi connectivity index (χ0n) is 11.1. The highest BCUT2D eigenvalue weighted by atomic mass is 32.2. The van der Waals surface area contributed by atoms with E-state index in [2.05, 4.69) is 11.6 Å². The van der Waals surface area contributed by atoms with Crippen molar-refractivity contribution in [3.05, 3.63) is 47.7 Å². The molecule has 0 N–H and O–H groups in total. The van der Waals surface area contributed by atoms with Crippen LogP contribution in [-0.2, 0) is 6.18 Å². The van der Waals surface area contributed by atoms with Gasteiger partial charge in [0.1, 0.15) is 5.04 Å². The third kappa shape index (κ3) is 4.42. The highest BCUT2D eigenvalue weighted by Crippen LogP contribution is 2.29. The number of hydrogen-bond acceptors (Lipinski definition) is 2. The van der Waals surface area contributed by atoms with E-state index >= 15 is 0 Å². The van der Waals surface area contributed by atoms with E-state index < -0.39 is 11.7 Å². The molecule has 0 aromatic heterocycles. The Morgan fingerprint density at radius 3 is 2.11 bits per heavy atom. The van der Waals surface area contributed by atoms with E-state index in [4.69, 9.17) is 0 Å². The van der Waals surface area contributed by atoms with Crippen LogP contribution in [0.2, 0.25) is 0 Å². The maximum absolute atomic E-state index is 12.5. The standard InChI is InChI=1S/C14H16F3NS/c1-9(2)10(3)18-13(19-4)11-5-7-12(8-6-11)14(15,16)17/h5-9H,3H2,1-2,4H3. The zero-order chi connectivity index (χ0) is 14.6. The summed E-state index contributed by atoms with van der Waals surface area (Å²) in [6.45, 7) is 7.78. The van der Waals surface area contributed by atoms with Crippen molar-refractivity contribution >= 4 is 16.8 Å². The Bertz CT molecular complexity index is 472. The fourth-order valence-electron chi connectivity index (χ4n) is 1.29. The minimum atomic E-state index is -4.31. The number of aliphatic imine (C=N–C) groups is 1. The van der Waals surface area contributed by atoms with Gasteiger partial charge in [0, 0.05) is 11.3 Å². The molecule has 1 aromatic rings. The van der Waals surface area contributed by atoms with Crippen LogP contribution in [0.15, 0.2) is 41.5 Å². The van der Waals surface area contributed by atoms with Gasteiger partial charge in [-0.2, -0.15) is 13.2 Å². The maximum atomic E-state index is 12.5. The van der Waals surface area contributed by atoms with E-state index in [0.29, 0.717) is 16.3 Å². The molecule has 0 saturated carbocycles. The number of alkyl halides is 3. The van der Waals surface area contributed by atoms with E-state index in [1.807, 2.05) is 20.1 Å². The molecule has 0 bridgehead atoms. The van der Waals surface area contributed by atoms with Crippen LogP contribution in [0, 0.1) is 5.92 Å². The molecule has 19 heavy (non-hydrogen) atoms. The number of rotatable bonds is 3. The van der Waals surface area contributed by atoms with E-state index in [0.717, 1.165) is 12.1 Å². The molecule has 1 rings (SSSR count). The lowest BCUT2D eigenvalue weighted by Crippen LogP contribution is -2.05. The van der Waals surface area contributed by atoms with Crippen LogP contribution in [0.4, 0.5) is 13.2 Å². The highest BCUT2D eigenvalue weighted by molar-refractivity contribution is 8.13. The van der Waals surface area contributed by atoms with Crippen molar-refractivity contribution < 1.29 is 13.2 Å². The molecule has 0 atom stereocenters. The lowest BCUT2D eigenvalue weighted by molar-refractivity contribution is -0.137. The molecule has 0 fully saturated rings. The third-order valence-corrected chi connectivity index (χ3v) is 3.28. The van der Waals surface area contributed by atoms with Crippen LogP contribution in [0.1, 0.15) is 25.0 Å². The zero-order valence-corrected chi connectivity index (χ0v) is 11.9. The average Bonchev–Trinajstić information content (AvgIpc) is 2.34. The molecule has 1 aromatic carbocycles. The van der Waals surface area contributed by atoms with Gasteiger partial charge in [0.05, 0.1) is 5.56 Å². The van der Waals surface area contributed by atoms with Gasteiger partial charge in [-0.25, -0.2) is 4.99 Å². The number of thioether (sulfide) groups is 1. The molecule has 0 heterocycles. The summed E-state index contributed by atoms with van der Waals surface area (Å²) in [6.07, 6.45) is -2.47. The molecular weight excluding hydrogens is 271 g/mol. The van der Waals surface area contributed by atoms with E-state index in [1.54, 1.807) is 0 Å². The molecule has 0 aliphatic heterocycles. The topological polar surface area (TPSA) is 12.4 Å². The second-order valence-corrected chi connectivity index (χ2v) is 5.14. The fraction of sp³-hybridized carbons (Fsp3) is 0.357. The summed E-state index contributed by atoms with van der Waals surface area (Å²) in [5.41, 5.74) is 0.728. The van der Waals surface area contributed by atoms with Gasteiger partial charge in [0.2, 0.25) is 0 Å². The Kier molecular flexibility index (Phi) is 5.23. The van der Waals surface area contributed by atoms with Crippen molar-refractivity contribution in [2.24, 2.45) is 10.9 Å². The molecule has 0 aliphatic rings. The third-order valence-electron chi connectivity index (χ3n) is 2.56. The van der Waals surface area contributed by atoms with Crippen molar-refractivity contribution in [1.82, 2.24) is 0 Å². The molecule has 104 valence electrons. The Labute approximate surface area is 115 Å². The first kappa shape index (κ1) is 15.8. The molecule has 0 amide bonds. The SMILES string of the molecule is C=C(N=C(SC)c1ccc(C(F)(F)F)cc1)C(C)C. The number of benzene rings is 1. The number of hydrogen-bond donors (Lipinski definition) is 0. The van der Waals surface area contributed by atoms with Gasteiger partial charge in [0.25, 0.3) is 0 Å². The summed E-state index contributed by atoms with van der Waals surface area (Å²) in [7, 11) is 0. The van der Waals surface area contributed by atoms with Crippen molar-refractivity contribution in [3.8, 4) is 0 Å². The average molecular weight is 287 g/mol. The summed E-state index contributed by atoms with van der Waals surface area (Å²) in [5, 5.41) is 0.674. The van der Waals surface area contributed by atoms with Crippen molar-refractivity contribution in [3.63, 3.8) is 0 Å². The number of nitrogens with zero attached hydrogens (tertiary/aromatic N) is 1. The normalized spacial score (nSPS) is 12.9. The van der Waals surface area contributed by atoms with Gasteiger partial charge >= 0.3 is 6.18 Å². The lowest BCUT2D eigenvalue weighted by atomic mass is 10.1. The molecule has 5 heteroatoms. The van der Waals surface area contributed by atoms with E-state index in [1.165, 1.54) is 23.9 Å². The molecule has 0 aliphatic carbocycles. The van der Waals surface area contributed by atoms with Gasteiger partial charge in [-0.05, 0) is 24.3 Å². The predicted octanol–water partition coefficient (Wildman–Crippen LogP) is 4.98. The van der Waals surface area contributed by atoms with Crippen LogP contribution in [-0.4, -0.2) is 11.3 Å². The predicted molar refractivity (Wildman–Crippen MR) is 75.5 cm³/mol. The summed E-state index contributed by atoms with van der Waals surface area (Å²) in [6, 6.07) is 5.01. The van der Waals surface area contributed by atoms with Gasteiger partial charge in [-0.15, -0.1) is 11.8 Å². The first-order valence-corrected chi connectivity index (χ1v) is 6.97. The van der Waals surface area contributed by atoms with Gasteiger partial charge < -0.3 is 0 Å². The summed E-state index contributed by atoms with van der Waals surface area (Å²) < 4.78 is 37.4. The highest BCUT2D eigenvalue weighted by Gasteiger charge is 2.30. The molecule has 0 spiro atoms. The molecular formula is C14H16F3NS. The second-order valence-electron chi connectivity index (χ2n) is 4.34. The molecule has 0 radical (unpaired) electrons. The quantitative estimate of drug-likeness (QED) is 0.564. The van der Waals surface area contributed by atoms with Crippen LogP contribution in [0.5, 0.6) is 0 Å². The minimum Gasteiger partial charge on any atom is -0.246 e.